The first-order valence-corrected chi connectivity index (χ1v) is 6.47. The van der Waals surface area contributed by atoms with E-state index in [1.165, 1.54) is 7.11 Å². The van der Waals surface area contributed by atoms with E-state index in [1.54, 1.807) is 4.90 Å². The molecular weight excluding hydrogens is 242 g/mol. The maximum Gasteiger partial charge on any atom is 0.325 e. The van der Waals surface area contributed by atoms with Gasteiger partial charge in [-0.25, -0.2) is 0 Å². The smallest absolute Gasteiger partial charge is 0.325 e. The third-order valence-electron chi connectivity index (χ3n) is 3.00. The molecule has 0 unspecified atom stereocenters. The molecule has 1 rings (SSSR count). The minimum Gasteiger partial charge on any atom is -0.468 e. The highest BCUT2D eigenvalue weighted by Gasteiger charge is 2.17. The summed E-state index contributed by atoms with van der Waals surface area (Å²) in [6.45, 7) is 4.55. The van der Waals surface area contributed by atoms with Crippen LogP contribution in [0.3, 0.4) is 0 Å². The number of amides is 1. The van der Waals surface area contributed by atoms with Crippen LogP contribution in [0.1, 0.15) is 24.5 Å². The number of carbonyl (C=O) groups is 2. The lowest BCUT2D eigenvalue weighted by molar-refractivity contribution is -0.146. The minimum atomic E-state index is -0.383. The van der Waals surface area contributed by atoms with E-state index in [4.69, 9.17) is 0 Å². The second-order valence-corrected chi connectivity index (χ2v) is 4.49. The summed E-state index contributed by atoms with van der Waals surface area (Å²) < 4.78 is 4.62. The average Bonchev–Trinajstić information content (AvgIpc) is 2.40. The Morgan fingerprint density at radius 1 is 1.26 bits per heavy atom. The van der Waals surface area contributed by atoms with Crippen molar-refractivity contribution in [3.05, 3.63) is 35.4 Å². The monoisotopic (exact) mass is 263 g/mol. The molecule has 0 radical (unpaired) electrons. The van der Waals surface area contributed by atoms with Gasteiger partial charge in [0.1, 0.15) is 6.54 Å². The highest BCUT2D eigenvalue weighted by atomic mass is 16.5. The van der Waals surface area contributed by atoms with Crippen LogP contribution < -0.4 is 0 Å². The average molecular weight is 263 g/mol. The lowest BCUT2D eigenvalue weighted by atomic mass is 10.1. The molecule has 0 N–H and O–H groups in total. The summed E-state index contributed by atoms with van der Waals surface area (Å²) in [6, 6.07) is 7.78. The Balaban J connectivity index is 2.72. The zero-order valence-electron chi connectivity index (χ0n) is 11.8. The Kier molecular flexibility index (Phi) is 6.06. The SMILES string of the molecule is CCCN(CC(=O)OC)C(=O)Cc1ccccc1C. The molecule has 4 nitrogen and oxygen atoms in total. The van der Waals surface area contributed by atoms with Gasteiger partial charge in [0.15, 0.2) is 0 Å². The normalized spacial score (nSPS) is 10.1. The molecule has 1 amide bonds. The number of rotatable bonds is 6. The van der Waals surface area contributed by atoms with Crippen LogP contribution in [0.2, 0.25) is 0 Å². The van der Waals surface area contributed by atoms with Crippen LogP contribution in [0.15, 0.2) is 24.3 Å². The van der Waals surface area contributed by atoms with Crippen LogP contribution in [-0.2, 0) is 20.7 Å². The van der Waals surface area contributed by atoms with E-state index in [1.807, 2.05) is 38.1 Å². The van der Waals surface area contributed by atoms with Gasteiger partial charge in [0.2, 0.25) is 5.91 Å². The molecule has 0 aliphatic heterocycles. The van der Waals surface area contributed by atoms with Crippen molar-refractivity contribution in [1.82, 2.24) is 4.90 Å². The van der Waals surface area contributed by atoms with Crippen LogP contribution in [0.5, 0.6) is 0 Å². The van der Waals surface area contributed by atoms with Gasteiger partial charge >= 0.3 is 5.97 Å². The first-order chi connectivity index (χ1) is 9.08. The number of hydrogen-bond donors (Lipinski definition) is 0. The van der Waals surface area contributed by atoms with Gasteiger partial charge in [-0.3, -0.25) is 9.59 Å². The quantitative estimate of drug-likeness (QED) is 0.737. The van der Waals surface area contributed by atoms with E-state index < -0.39 is 0 Å². The molecule has 0 fully saturated rings. The van der Waals surface area contributed by atoms with Crippen LogP contribution in [0.25, 0.3) is 0 Å². The largest absolute Gasteiger partial charge is 0.468 e. The number of ether oxygens (including phenoxy) is 1. The van der Waals surface area contributed by atoms with Gasteiger partial charge in [-0.1, -0.05) is 31.2 Å². The summed E-state index contributed by atoms with van der Waals surface area (Å²) in [6.07, 6.45) is 1.14. The molecule has 1 aromatic rings. The number of methoxy groups -OCH3 is 1. The second-order valence-electron chi connectivity index (χ2n) is 4.49. The van der Waals surface area contributed by atoms with Gasteiger partial charge in [0.25, 0.3) is 0 Å². The predicted octanol–water partition coefficient (Wildman–Crippen LogP) is 1.95. The maximum atomic E-state index is 12.2. The van der Waals surface area contributed by atoms with Crippen molar-refractivity contribution in [3.8, 4) is 0 Å². The standard InChI is InChI=1S/C15H21NO3/c1-4-9-16(11-15(18)19-3)14(17)10-13-8-6-5-7-12(13)2/h5-8H,4,9-11H2,1-3H3. The van der Waals surface area contributed by atoms with Gasteiger partial charge in [-0.05, 0) is 24.5 Å². The molecule has 1 aromatic carbocycles. The molecular formula is C15H21NO3. The highest BCUT2D eigenvalue weighted by molar-refractivity contribution is 5.83. The zero-order chi connectivity index (χ0) is 14.3. The topological polar surface area (TPSA) is 46.6 Å². The molecule has 0 aliphatic rings. The Labute approximate surface area is 114 Å². The Morgan fingerprint density at radius 2 is 1.95 bits per heavy atom. The van der Waals surface area contributed by atoms with Crippen LogP contribution in [-0.4, -0.2) is 37.0 Å². The van der Waals surface area contributed by atoms with Crippen LogP contribution in [0.4, 0.5) is 0 Å². The number of benzene rings is 1. The molecule has 0 saturated heterocycles. The van der Waals surface area contributed by atoms with Gasteiger partial charge in [0, 0.05) is 6.54 Å². The Morgan fingerprint density at radius 3 is 2.53 bits per heavy atom. The molecule has 0 atom stereocenters. The van der Waals surface area contributed by atoms with Crippen molar-refractivity contribution in [1.29, 1.82) is 0 Å². The third-order valence-corrected chi connectivity index (χ3v) is 3.00. The van der Waals surface area contributed by atoms with Gasteiger partial charge < -0.3 is 9.64 Å². The van der Waals surface area contributed by atoms with Crippen molar-refractivity contribution < 1.29 is 14.3 Å². The predicted molar refractivity (Wildman–Crippen MR) is 73.8 cm³/mol. The van der Waals surface area contributed by atoms with Crippen molar-refractivity contribution >= 4 is 11.9 Å². The first kappa shape index (κ1) is 15.2. The summed E-state index contributed by atoms with van der Waals surface area (Å²) >= 11 is 0. The lowest BCUT2D eigenvalue weighted by Gasteiger charge is -2.21. The summed E-state index contributed by atoms with van der Waals surface area (Å²) in [5, 5.41) is 0. The number of aryl methyl sites for hydroxylation is 1. The molecule has 19 heavy (non-hydrogen) atoms. The number of nitrogens with zero attached hydrogens (tertiary/aromatic N) is 1. The van der Waals surface area contributed by atoms with Gasteiger partial charge in [-0.15, -0.1) is 0 Å². The van der Waals surface area contributed by atoms with Crippen molar-refractivity contribution in [2.24, 2.45) is 0 Å². The second kappa shape index (κ2) is 7.56. The minimum absolute atomic E-state index is 0.0229. The van der Waals surface area contributed by atoms with Crippen molar-refractivity contribution in [2.45, 2.75) is 26.7 Å². The lowest BCUT2D eigenvalue weighted by Crippen LogP contribution is -2.37. The van der Waals surface area contributed by atoms with E-state index in [0.717, 1.165) is 17.5 Å². The molecule has 0 bridgehead atoms. The molecule has 0 aromatic heterocycles. The summed E-state index contributed by atoms with van der Waals surface area (Å²) in [4.78, 5) is 25.1. The first-order valence-electron chi connectivity index (χ1n) is 6.47. The van der Waals surface area contributed by atoms with Crippen LogP contribution in [0, 0.1) is 6.92 Å². The van der Waals surface area contributed by atoms with Crippen LogP contribution >= 0.6 is 0 Å². The van der Waals surface area contributed by atoms with Crippen molar-refractivity contribution in [2.75, 3.05) is 20.2 Å². The Bertz CT molecular complexity index is 443. The summed E-state index contributed by atoms with van der Waals surface area (Å²) in [5.41, 5.74) is 2.09. The molecule has 0 spiro atoms. The van der Waals surface area contributed by atoms with E-state index >= 15 is 0 Å². The number of esters is 1. The molecule has 0 saturated carbocycles. The fourth-order valence-electron chi connectivity index (χ4n) is 1.87. The van der Waals surface area contributed by atoms with Crippen molar-refractivity contribution in [3.63, 3.8) is 0 Å². The van der Waals surface area contributed by atoms with E-state index in [-0.39, 0.29) is 18.4 Å². The molecule has 0 aliphatic carbocycles. The summed E-state index contributed by atoms with van der Waals surface area (Å²) in [7, 11) is 1.33. The fourth-order valence-corrected chi connectivity index (χ4v) is 1.87. The van der Waals surface area contributed by atoms with Gasteiger partial charge in [-0.2, -0.15) is 0 Å². The fraction of sp³-hybridized carbons (Fsp3) is 0.467. The summed E-state index contributed by atoms with van der Waals surface area (Å²) in [5.74, 6) is -0.423. The zero-order valence-corrected chi connectivity index (χ0v) is 11.8. The molecule has 104 valence electrons. The van der Waals surface area contributed by atoms with E-state index in [9.17, 15) is 9.59 Å². The Hall–Kier alpha value is -1.84. The maximum absolute atomic E-state index is 12.2. The number of carbonyl (C=O) groups excluding carboxylic acids is 2. The highest BCUT2D eigenvalue weighted by Crippen LogP contribution is 2.09. The van der Waals surface area contributed by atoms with E-state index in [2.05, 4.69) is 4.74 Å². The number of hydrogen-bond acceptors (Lipinski definition) is 3. The van der Waals surface area contributed by atoms with Gasteiger partial charge in [0.05, 0.1) is 13.5 Å². The van der Waals surface area contributed by atoms with E-state index in [0.29, 0.717) is 13.0 Å². The molecule has 4 heteroatoms. The third kappa shape index (κ3) is 4.73. The molecule has 0 heterocycles.